The standard InChI is InChI=1S/C37H46N4O3S/c1-11-15-45-34-33(44)40-29-18-27(39-21-23-16-24(35(2,3)4)17-26(32(23)43)37(8,9)10)28(19-30(29)41-34)38-20-22-13-12-14-25(31(22)42)36(5,6)7/h12-14,16-21,42-43H,11,15H2,1-10H3,(H,40,44). The second-order valence-corrected chi connectivity index (χ2v) is 15.6. The Kier molecular flexibility index (Phi) is 9.69. The van der Waals surface area contributed by atoms with Gasteiger partial charge in [-0.15, -0.1) is 11.8 Å². The number of aliphatic imine (C=N–C) groups is 2. The van der Waals surface area contributed by atoms with Gasteiger partial charge in [0.05, 0.1) is 22.4 Å². The highest BCUT2D eigenvalue weighted by atomic mass is 32.2. The smallest absolute Gasteiger partial charge is 0.280 e. The van der Waals surface area contributed by atoms with Crippen molar-refractivity contribution in [2.45, 2.75) is 96.9 Å². The highest BCUT2D eigenvalue weighted by Gasteiger charge is 2.25. The molecule has 1 aromatic heterocycles. The first-order chi connectivity index (χ1) is 20.9. The summed E-state index contributed by atoms with van der Waals surface area (Å²) in [7, 11) is 0. The average molecular weight is 627 g/mol. The lowest BCUT2D eigenvalue weighted by atomic mass is 9.79. The number of H-pyrrole nitrogens is 1. The molecule has 7 nitrogen and oxygen atoms in total. The fourth-order valence-electron chi connectivity index (χ4n) is 4.91. The Labute approximate surface area is 271 Å². The summed E-state index contributed by atoms with van der Waals surface area (Å²) < 4.78 is 0. The van der Waals surface area contributed by atoms with E-state index in [0.29, 0.717) is 38.6 Å². The number of phenolic OH excluding ortho intramolecular Hbond substituents is 2. The SMILES string of the molecule is CCCSc1nc2cc(N=Cc3cccc(C(C)(C)C)c3O)c(N=Cc3cc(C(C)(C)C)cc(C(C)(C)C)c3O)cc2[nH]c1=O. The summed E-state index contributed by atoms with van der Waals surface area (Å²) in [5, 5.41) is 22.8. The fourth-order valence-corrected chi connectivity index (χ4v) is 5.65. The Morgan fingerprint density at radius 1 is 0.800 bits per heavy atom. The van der Waals surface area contributed by atoms with E-state index < -0.39 is 0 Å². The third-order valence-electron chi connectivity index (χ3n) is 7.57. The quantitative estimate of drug-likeness (QED) is 0.140. The number of nitrogens with one attached hydrogen (secondary N) is 1. The van der Waals surface area contributed by atoms with Gasteiger partial charge in [-0.25, -0.2) is 4.98 Å². The molecule has 0 fully saturated rings. The number of nitrogens with zero attached hydrogens (tertiary/aromatic N) is 3. The van der Waals surface area contributed by atoms with Crippen LogP contribution in [-0.2, 0) is 16.2 Å². The van der Waals surface area contributed by atoms with Gasteiger partial charge in [0.15, 0.2) is 5.03 Å². The predicted octanol–water partition coefficient (Wildman–Crippen LogP) is 9.23. The molecule has 4 aromatic rings. The zero-order valence-electron chi connectivity index (χ0n) is 28.2. The minimum atomic E-state index is -0.283. The number of hydrogen-bond donors (Lipinski definition) is 3. The summed E-state index contributed by atoms with van der Waals surface area (Å²) >= 11 is 1.42. The van der Waals surface area contributed by atoms with E-state index in [9.17, 15) is 15.0 Å². The number of phenols is 2. The van der Waals surface area contributed by atoms with Crippen molar-refractivity contribution in [3.8, 4) is 11.5 Å². The molecule has 0 saturated heterocycles. The number of thioether (sulfide) groups is 1. The molecule has 45 heavy (non-hydrogen) atoms. The van der Waals surface area contributed by atoms with Gasteiger partial charge in [-0.3, -0.25) is 14.8 Å². The van der Waals surface area contributed by atoms with E-state index in [1.165, 1.54) is 11.8 Å². The Bertz CT molecular complexity index is 1830. The Balaban J connectivity index is 1.91. The first-order valence-electron chi connectivity index (χ1n) is 15.4. The van der Waals surface area contributed by atoms with Gasteiger partial charge < -0.3 is 15.2 Å². The van der Waals surface area contributed by atoms with Gasteiger partial charge in [0.1, 0.15) is 11.5 Å². The number of fused-ring (bicyclic) bond motifs is 1. The van der Waals surface area contributed by atoms with E-state index in [2.05, 4.69) is 85.3 Å². The molecule has 0 radical (unpaired) electrons. The zero-order valence-corrected chi connectivity index (χ0v) is 29.0. The Hall–Kier alpha value is -3.91. The summed E-state index contributed by atoms with van der Waals surface area (Å²) in [6, 6.07) is 13.2. The van der Waals surface area contributed by atoms with Gasteiger partial charge in [-0.1, -0.05) is 87.4 Å². The molecule has 238 valence electrons. The average Bonchev–Trinajstić information content (AvgIpc) is 2.93. The molecule has 3 N–H and O–H groups in total. The van der Waals surface area contributed by atoms with Gasteiger partial charge in [0, 0.05) is 29.1 Å². The Morgan fingerprint density at radius 3 is 2.00 bits per heavy atom. The maximum absolute atomic E-state index is 12.8. The first-order valence-corrected chi connectivity index (χ1v) is 16.4. The number of aromatic hydroxyl groups is 2. The van der Waals surface area contributed by atoms with Gasteiger partial charge in [0.2, 0.25) is 0 Å². The molecule has 0 aliphatic heterocycles. The summed E-state index contributed by atoms with van der Waals surface area (Å²) in [6.07, 6.45) is 4.19. The molecule has 4 rings (SSSR count). The highest BCUT2D eigenvalue weighted by Crippen LogP contribution is 2.39. The fraction of sp³-hybridized carbons (Fsp3) is 0.405. The molecule has 0 aliphatic rings. The first kappa shape index (κ1) is 34.0. The van der Waals surface area contributed by atoms with Gasteiger partial charge in [-0.2, -0.15) is 0 Å². The molecule has 1 heterocycles. The minimum Gasteiger partial charge on any atom is -0.507 e. The summed E-state index contributed by atoms with van der Waals surface area (Å²) in [4.78, 5) is 30.0. The maximum atomic E-state index is 12.8. The van der Waals surface area contributed by atoms with Crippen LogP contribution < -0.4 is 5.56 Å². The third-order valence-corrected chi connectivity index (χ3v) is 8.74. The molecule has 0 spiro atoms. The van der Waals surface area contributed by atoms with Crippen LogP contribution in [0, 0.1) is 0 Å². The third kappa shape index (κ3) is 7.85. The zero-order chi connectivity index (χ0) is 33.3. The van der Waals surface area contributed by atoms with Crippen molar-refractivity contribution in [3.63, 3.8) is 0 Å². The van der Waals surface area contributed by atoms with E-state index in [-0.39, 0.29) is 33.3 Å². The van der Waals surface area contributed by atoms with Crippen molar-refractivity contribution in [1.29, 1.82) is 0 Å². The normalized spacial score (nSPS) is 13.0. The van der Waals surface area contributed by atoms with Crippen molar-refractivity contribution < 1.29 is 10.2 Å². The van der Waals surface area contributed by atoms with Crippen molar-refractivity contribution in [1.82, 2.24) is 9.97 Å². The molecule has 0 amide bonds. The monoisotopic (exact) mass is 626 g/mol. The molecule has 0 saturated carbocycles. The van der Waals surface area contributed by atoms with E-state index in [0.717, 1.165) is 28.9 Å². The van der Waals surface area contributed by atoms with Crippen LogP contribution >= 0.6 is 11.8 Å². The lowest BCUT2D eigenvalue weighted by Gasteiger charge is -2.27. The number of aromatic amines is 1. The van der Waals surface area contributed by atoms with Crippen LogP contribution in [0.25, 0.3) is 11.0 Å². The van der Waals surface area contributed by atoms with Crippen molar-refractivity contribution in [2.24, 2.45) is 9.98 Å². The summed E-state index contributed by atoms with van der Waals surface area (Å²) in [5.41, 5.74) is 5.11. The van der Waals surface area contributed by atoms with E-state index >= 15 is 0 Å². The number of aromatic nitrogens is 2. The number of rotatable bonds is 7. The predicted molar refractivity (Wildman–Crippen MR) is 190 cm³/mol. The van der Waals surface area contributed by atoms with Gasteiger partial charge >= 0.3 is 0 Å². The van der Waals surface area contributed by atoms with Crippen LogP contribution in [-0.4, -0.2) is 38.4 Å². The summed E-state index contributed by atoms with van der Waals surface area (Å²) in [6.45, 7) is 20.9. The molecule has 0 atom stereocenters. The van der Waals surface area contributed by atoms with Crippen LogP contribution in [0.1, 0.15) is 103 Å². The van der Waals surface area contributed by atoms with E-state index in [1.54, 1.807) is 24.6 Å². The van der Waals surface area contributed by atoms with Gasteiger partial charge in [0.25, 0.3) is 5.56 Å². The van der Waals surface area contributed by atoms with Crippen LogP contribution in [0.3, 0.4) is 0 Å². The minimum absolute atomic E-state index is 0.142. The van der Waals surface area contributed by atoms with Crippen LogP contribution in [0.2, 0.25) is 0 Å². The Morgan fingerprint density at radius 2 is 1.40 bits per heavy atom. The van der Waals surface area contributed by atoms with Crippen LogP contribution in [0.15, 0.2) is 62.3 Å². The molecule has 0 unspecified atom stereocenters. The van der Waals surface area contributed by atoms with Crippen molar-refractivity contribution in [2.75, 3.05) is 5.75 Å². The highest BCUT2D eigenvalue weighted by molar-refractivity contribution is 7.99. The van der Waals surface area contributed by atoms with Crippen LogP contribution in [0.5, 0.6) is 11.5 Å². The molecule has 0 aliphatic carbocycles. The number of para-hydroxylation sites is 1. The maximum Gasteiger partial charge on any atom is 0.280 e. The van der Waals surface area contributed by atoms with Crippen molar-refractivity contribution >= 4 is 46.6 Å². The largest absolute Gasteiger partial charge is 0.507 e. The van der Waals surface area contributed by atoms with Gasteiger partial charge in [-0.05, 0) is 63.8 Å². The molecule has 0 bridgehead atoms. The van der Waals surface area contributed by atoms with E-state index in [4.69, 9.17) is 9.98 Å². The lowest BCUT2D eigenvalue weighted by Crippen LogP contribution is -2.17. The molecule has 8 heteroatoms. The lowest BCUT2D eigenvalue weighted by molar-refractivity contribution is 0.443. The van der Waals surface area contributed by atoms with Crippen molar-refractivity contribution in [3.05, 3.63) is 80.6 Å². The molecular formula is C37H46N4O3S. The molecule has 3 aromatic carbocycles. The topological polar surface area (TPSA) is 111 Å². The number of benzene rings is 3. The number of hydrogen-bond acceptors (Lipinski definition) is 7. The van der Waals surface area contributed by atoms with Crippen LogP contribution in [0.4, 0.5) is 11.4 Å². The summed E-state index contributed by atoms with van der Waals surface area (Å²) in [5.74, 6) is 1.15. The second kappa shape index (κ2) is 12.8. The van der Waals surface area contributed by atoms with E-state index in [1.807, 2.05) is 24.3 Å². The molecular weight excluding hydrogens is 580 g/mol. The second-order valence-electron chi connectivity index (χ2n) is 14.5.